The molecule has 1 aliphatic heterocycles. The Bertz CT molecular complexity index is 855. The molecule has 0 saturated heterocycles. The van der Waals surface area contributed by atoms with Gasteiger partial charge in [0.05, 0.1) is 5.60 Å². The van der Waals surface area contributed by atoms with Gasteiger partial charge in [0.2, 0.25) is 0 Å². The van der Waals surface area contributed by atoms with E-state index in [2.05, 4.69) is 43.3 Å². The Labute approximate surface area is 182 Å². The van der Waals surface area contributed by atoms with Gasteiger partial charge in [0.1, 0.15) is 17.6 Å². The van der Waals surface area contributed by atoms with Crippen LogP contribution in [0.5, 0.6) is 11.5 Å². The Hall–Kier alpha value is -2.36. The molecule has 3 heteroatoms. The molecule has 0 aromatic heterocycles. The van der Waals surface area contributed by atoms with Crippen LogP contribution in [0.3, 0.4) is 0 Å². The molecule has 2 aliphatic rings. The molecule has 3 nitrogen and oxygen atoms in total. The standard InChI is InChI=1S/C21H30O3.C6H6/c1-5-6-7-8-14-11-16(22)19-17(12-14)24-20-18(19)15(13(2)3)9-10-21(20,4)23;1-3-5-6-4-2/h11-12,15,18,20,22-23H,2,5-10H2,1,3-4H3;1-2H3/t15-,18+,20-,21-;/m0./s1. The van der Waals surface area contributed by atoms with E-state index in [-0.39, 0.29) is 17.9 Å². The molecule has 1 fully saturated rings. The Morgan fingerprint density at radius 1 is 1.23 bits per heavy atom. The molecule has 0 unspecified atom stereocenters. The Morgan fingerprint density at radius 2 is 1.90 bits per heavy atom. The summed E-state index contributed by atoms with van der Waals surface area (Å²) in [4.78, 5) is 0. The zero-order chi connectivity index (χ0) is 22.3. The molecule has 2 N–H and O–H groups in total. The third kappa shape index (κ3) is 5.41. The number of allylic oxidation sites excluding steroid dienone is 1. The second kappa shape index (κ2) is 10.6. The van der Waals surface area contributed by atoms with Crippen molar-refractivity contribution in [2.75, 3.05) is 0 Å². The van der Waals surface area contributed by atoms with E-state index in [1.165, 1.54) is 12.8 Å². The molecule has 0 radical (unpaired) electrons. The van der Waals surface area contributed by atoms with Crippen molar-refractivity contribution in [2.24, 2.45) is 5.92 Å². The van der Waals surface area contributed by atoms with Crippen molar-refractivity contribution >= 4 is 0 Å². The first-order valence-corrected chi connectivity index (χ1v) is 11.0. The number of benzene rings is 1. The van der Waals surface area contributed by atoms with Crippen molar-refractivity contribution < 1.29 is 14.9 Å². The summed E-state index contributed by atoms with van der Waals surface area (Å²) in [6.45, 7) is 13.8. The van der Waals surface area contributed by atoms with Crippen molar-refractivity contribution in [1.82, 2.24) is 0 Å². The predicted octanol–water partition coefficient (Wildman–Crippen LogP) is 5.74. The van der Waals surface area contributed by atoms with Crippen molar-refractivity contribution in [3.8, 4) is 35.2 Å². The minimum absolute atomic E-state index is 0.00839. The van der Waals surface area contributed by atoms with E-state index in [0.717, 1.165) is 41.7 Å². The third-order valence-electron chi connectivity index (χ3n) is 6.12. The van der Waals surface area contributed by atoms with E-state index >= 15 is 0 Å². The molecule has 4 atom stereocenters. The van der Waals surface area contributed by atoms with Crippen LogP contribution in [-0.2, 0) is 6.42 Å². The number of hydrogen-bond donors (Lipinski definition) is 2. The summed E-state index contributed by atoms with van der Waals surface area (Å²) in [6, 6.07) is 3.95. The predicted molar refractivity (Wildman–Crippen MR) is 124 cm³/mol. The molecule has 30 heavy (non-hydrogen) atoms. The fraction of sp³-hybridized carbons (Fsp3) is 0.556. The smallest absolute Gasteiger partial charge is 0.135 e. The largest absolute Gasteiger partial charge is 0.508 e. The molecule has 1 aromatic rings. The summed E-state index contributed by atoms with van der Waals surface area (Å²) < 4.78 is 6.18. The van der Waals surface area contributed by atoms with E-state index in [1.807, 2.05) is 19.9 Å². The van der Waals surface area contributed by atoms with Crippen molar-refractivity contribution in [3.05, 3.63) is 35.4 Å². The zero-order valence-electron chi connectivity index (χ0n) is 19.1. The number of phenols is 1. The van der Waals surface area contributed by atoms with Crippen molar-refractivity contribution in [2.45, 2.75) is 90.8 Å². The SMILES string of the molecule is C=C(C)[C@@H]1CC[C@](C)(O)[C@H]2Oc3cc(CCCCC)cc(O)c3[C@@H]12.CC#CC#CC. The molecular formula is C27H36O3. The lowest BCUT2D eigenvalue weighted by atomic mass is 9.66. The fourth-order valence-corrected chi connectivity index (χ4v) is 4.56. The number of aryl methyl sites for hydroxylation is 1. The van der Waals surface area contributed by atoms with E-state index in [4.69, 9.17) is 4.74 Å². The van der Waals surface area contributed by atoms with Gasteiger partial charge in [-0.2, -0.15) is 0 Å². The van der Waals surface area contributed by atoms with E-state index in [0.29, 0.717) is 12.2 Å². The van der Waals surface area contributed by atoms with Gasteiger partial charge in [-0.1, -0.05) is 43.8 Å². The molecule has 1 saturated carbocycles. The topological polar surface area (TPSA) is 49.7 Å². The first-order chi connectivity index (χ1) is 14.3. The van der Waals surface area contributed by atoms with Gasteiger partial charge in [-0.25, -0.2) is 0 Å². The number of fused-ring (bicyclic) bond motifs is 3. The van der Waals surface area contributed by atoms with Crippen LogP contribution < -0.4 is 4.74 Å². The van der Waals surface area contributed by atoms with E-state index in [9.17, 15) is 10.2 Å². The summed E-state index contributed by atoms with van der Waals surface area (Å²) in [5.74, 6) is 11.8. The first-order valence-electron chi connectivity index (χ1n) is 11.0. The minimum Gasteiger partial charge on any atom is -0.508 e. The molecule has 0 spiro atoms. The van der Waals surface area contributed by atoms with Gasteiger partial charge < -0.3 is 14.9 Å². The molecule has 1 aromatic carbocycles. The highest BCUT2D eigenvalue weighted by Crippen LogP contribution is 2.56. The second-order valence-corrected chi connectivity index (χ2v) is 8.65. The third-order valence-corrected chi connectivity index (χ3v) is 6.12. The normalized spacial score (nSPS) is 25.7. The number of unbranched alkanes of at least 4 members (excludes halogenated alkanes) is 2. The Kier molecular flexibility index (Phi) is 8.45. The fourth-order valence-electron chi connectivity index (χ4n) is 4.56. The zero-order valence-corrected chi connectivity index (χ0v) is 19.1. The van der Waals surface area contributed by atoms with Gasteiger partial charge in [-0.3, -0.25) is 0 Å². The van der Waals surface area contributed by atoms with Crippen LogP contribution in [0.25, 0.3) is 0 Å². The maximum atomic E-state index is 10.8. The van der Waals surface area contributed by atoms with Gasteiger partial charge in [0, 0.05) is 11.5 Å². The minimum atomic E-state index is -0.871. The van der Waals surface area contributed by atoms with Crippen LogP contribution >= 0.6 is 0 Å². The summed E-state index contributed by atoms with van der Waals surface area (Å²) in [5, 5.41) is 21.5. The lowest BCUT2D eigenvalue weighted by molar-refractivity contribution is -0.0824. The maximum Gasteiger partial charge on any atom is 0.135 e. The Morgan fingerprint density at radius 3 is 2.47 bits per heavy atom. The van der Waals surface area contributed by atoms with Crippen LogP contribution in [0.2, 0.25) is 0 Å². The summed E-state index contributed by atoms with van der Waals surface area (Å²) in [7, 11) is 0. The first kappa shape index (κ1) is 23.9. The highest BCUT2D eigenvalue weighted by molar-refractivity contribution is 5.54. The van der Waals surface area contributed by atoms with E-state index in [1.54, 1.807) is 13.8 Å². The molecule has 0 bridgehead atoms. The number of ether oxygens (including phenoxy) is 1. The second-order valence-electron chi connectivity index (χ2n) is 8.65. The van der Waals surface area contributed by atoms with Crippen molar-refractivity contribution in [1.29, 1.82) is 0 Å². The number of phenolic OH excluding ortho intramolecular Hbond substituents is 1. The number of aliphatic hydroxyl groups is 1. The lowest BCUT2D eigenvalue weighted by Crippen LogP contribution is -2.50. The van der Waals surface area contributed by atoms with Crippen LogP contribution in [0.1, 0.15) is 83.8 Å². The maximum absolute atomic E-state index is 10.8. The lowest BCUT2D eigenvalue weighted by Gasteiger charge is -2.42. The molecule has 0 amide bonds. The molecule has 3 rings (SSSR count). The van der Waals surface area contributed by atoms with Crippen LogP contribution in [-0.4, -0.2) is 21.9 Å². The molecular weight excluding hydrogens is 372 g/mol. The summed E-state index contributed by atoms with van der Waals surface area (Å²) in [6.07, 6.45) is 5.71. The summed E-state index contributed by atoms with van der Waals surface area (Å²) in [5.41, 5.74) is 2.21. The highest BCUT2D eigenvalue weighted by atomic mass is 16.5. The van der Waals surface area contributed by atoms with E-state index < -0.39 is 5.60 Å². The molecule has 1 aliphatic carbocycles. The number of hydrogen-bond acceptors (Lipinski definition) is 3. The van der Waals surface area contributed by atoms with Crippen molar-refractivity contribution in [3.63, 3.8) is 0 Å². The summed E-state index contributed by atoms with van der Waals surface area (Å²) >= 11 is 0. The van der Waals surface area contributed by atoms with Gasteiger partial charge >= 0.3 is 0 Å². The highest BCUT2D eigenvalue weighted by Gasteiger charge is 2.53. The van der Waals surface area contributed by atoms with Gasteiger partial charge in [-0.05, 0) is 88.8 Å². The quantitative estimate of drug-likeness (QED) is 0.371. The average molecular weight is 409 g/mol. The van der Waals surface area contributed by atoms with Crippen LogP contribution in [0.4, 0.5) is 0 Å². The molecule has 162 valence electrons. The van der Waals surface area contributed by atoms with Crippen LogP contribution in [0.15, 0.2) is 24.3 Å². The number of rotatable bonds is 5. The van der Waals surface area contributed by atoms with Crippen LogP contribution in [0, 0.1) is 29.6 Å². The van der Waals surface area contributed by atoms with Gasteiger partial charge in [0.25, 0.3) is 0 Å². The monoisotopic (exact) mass is 408 g/mol. The Balaban J connectivity index is 0.000000469. The average Bonchev–Trinajstić information content (AvgIpc) is 3.08. The van der Waals surface area contributed by atoms with Gasteiger partial charge in [0.15, 0.2) is 0 Å². The van der Waals surface area contributed by atoms with Gasteiger partial charge in [-0.15, -0.1) is 0 Å². The molecule has 1 heterocycles. The number of aromatic hydroxyl groups is 1.